The van der Waals surface area contributed by atoms with Crippen LogP contribution in [0.15, 0.2) is 54.1 Å². The summed E-state index contributed by atoms with van der Waals surface area (Å²) in [6.45, 7) is 3.56. The Morgan fingerprint density at radius 2 is 1.29 bits per heavy atom. The van der Waals surface area contributed by atoms with Crippen molar-refractivity contribution < 1.29 is 9.53 Å². The number of nitrogens with zero attached hydrogens (tertiary/aromatic N) is 1. The highest BCUT2D eigenvalue weighted by molar-refractivity contribution is 5.94. The fraction of sp³-hybridized carbons (Fsp3) is 0.452. The van der Waals surface area contributed by atoms with Crippen molar-refractivity contribution in [3.63, 3.8) is 0 Å². The van der Waals surface area contributed by atoms with E-state index in [4.69, 9.17) is 4.74 Å². The molecule has 1 fully saturated rings. The minimum atomic E-state index is -0.0792. The van der Waals surface area contributed by atoms with Gasteiger partial charge in [-0.1, -0.05) is 98.4 Å². The molecule has 180 valence electrons. The van der Waals surface area contributed by atoms with Crippen molar-refractivity contribution in [3.8, 4) is 0 Å². The smallest absolute Gasteiger partial charge is 0.305 e. The number of hydrogen-bond donors (Lipinski definition) is 0. The predicted octanol–water partition coefficient (Wildman–Crippen LogP) is 7.36. The van der Waals surface area contributed by atoms with Gasteiger partial charge in [0, 0.05) is 19.5 Å². The summed E-state index contributed by atoms with van der Waals surface area (Å²) < 4.78 is 4.70. The van der Waals surface area contributed by atoms with Crippen molar-refractivity contribution in [2.24, 2.45) is 0 Å². The molecule has 4 rings (SSSR count). The lowest BCUT2D eigenvalue weighted by atomic mass is 9.86. The lowest BCUT2D eigenvalue weighted by Crippen LogP contribution is -2.32. The summed E-state index contributed by atoms with van der Waals surface area (Å²) in [5.74, 6) is -0.0792. The van der Waals surface area contributed by atoms with Gasteiger partial charge in [0.1, 0.15) is 0 Å². The Hall–Kier alpha value is -2.65. The molecule has 0 spiro atoms. The van der Waals surface area contributed by atoms with Gasteiger partial charge >= 0.3 is 5.97 Å². The van der Waals surface area contributed by atoms with Crippen molar-refractivity contribution in [1.82, 2.24) is 4.90 Å². The van der Waals surface area contributed by atoms with Crippen LogP contribution in [0.2, 0.25) is 0 Å². The van der Waals surface area contributed by atoms with E-state index in [9.17, 15) is 4.79 Å². The zero-order chi connectivity index (χ0) is 23.6. The minimum absolute atomic E-state index is 0.0792. The van der Waals surface area contributed by atoms with Gasteiger partial charge in [-0.3, -0.25) is 4.79 Å². The first kappa shape index (κ1) is 24.5. The fourth-order valence-corrected chi connectivity index (χ4v) is 5.33. The Kier molecular flexibility index (Phi) is 9.15. The van der Waals surface area contributed by atoms with Gasteiger partial charge in [0.2, 0.25) is 0 Å². The molecular weight excluding hydrogens is 418 g/mol. The average molecular weight is 458 g/mol. The van der Waals surface area contributed by atoms with E-state index in [-0.39, 0.29) is 5.97 Å². The number of hydrogen-bond acceptors (Lipinski definition) is 3. The summed E-state index contributed by atoms with van der Waals surface area (Å²) in [4.78, 5) is 13.8. The van der Waals surface area contributed by atoms with Crippen LogP contribution in [0.5, 0.6) is 0 Å². The number of fused-ring (bicyclic) bond motifs is 2. The molecule has 1 heterocycles. The molecule has 0 unspecified atom stereocenters. The molecule has 34 heavy (non-hydrogen) atoms. The lowest BCUT2D eigenvalue weighted by Gasteiger charge is -2.30. The van der Waals surface area contributed by atoms with Crippen molar-refractivity contribution in [2.45, 2.75) is 64.2 Å². The summed E-state index contributed by atoms with van der Waals surface area (Å²) in [7, 11) is 1.47. The van der Waals surface area contributed by atoms with Gasteiger partial charge in [-0.05, 0) is 60.1 Å². The first-order chi connectivity index (χ1) is 16.8. The number of benzene rings is 2. The number of methoxy groups -OCH3 is 1. The molecule has 1 aliphatic heterocycles. The first-order valence-corrected chi connectivity index (χ1v) is 13.1. The standard InChI is InChI=1S/C31H39NO2/c1-34-30(33)17-7-5-3-2-4-6-12-22-32-23-20-27(21-24-32)31-28-15-10-8-13-25(28)18-19-26-14-9-11-16-29(26)31/h8-11,13-16,18-19H,2-7,12,17,20-24H2,1H3. The SMILES string of the molecule is COC(=O)CCCCCCCCCN1CCC(=C2c3ccccc3C=Cc3ccccc32)CC1. The number of esters is 1. The van der Waals surface area contributed by atoms with E-state index >= 15 is 0 Å². The first-order valence-electron chi connectivity index (χ1n) is 13.1. The second-order valence-corrected chi connectivity index (χ2v) is 9.63. The molecular formula is C31H39NO2. The second kappa shape index (κ2) is 12.7. The van der Waals surface area contributed by atoms with E-state index in [1.54, 1.807) is 5.57 Å². The van der Waals surface area contributed by atoms with Crippen molar-refractivity contribution in [1.29, 1.82) is 0 Å². The third kappa shape index (κ3) is 6.48. The molecule has 1 aliphatic carbocycles. The molecule has 3 nitrogen and oxygen atoms in total. The maximum atomic E-state index is 11.1. The highest BCUT2D eigenvalue weighted by Gasteiger charge is 2.22. The van der Waals surface area contributed by atoms with Crippen LogP contribution in [-0.4, -0.2) is 37.6 Å². The fourth-order valence-electron chi connectivity index (χ4n) is 5.33. The quantitative estimate of drug-likeness (QED) is 0.235. The van der Waals surface area contributed by atoms with E-state index in [2.05, 4.69) is 65.6 Å². The van der Waals surface area contributed by atoms with Gasteiger partial charge in [-0.15, -0.1) is 0 Å². The molecule has 3 heteroatoms. The number of ether oxygens (including phenoxy) is 1. The van der Waals surface area contributed by atoms with E-state index in [0.717, 1.165) is 25.7 Å². The number of piperidine rings is 1. The average Bonchev–Trinajstić information content (AvgIpc) is 3.05. The maximum Gasteiger partial charge on any atom is 0.305 e. The molecule has 0 aromatic heterocycles. The van der Waals surface area contributed by atoms with Crippen LogP contribution in [0.3, 0.4) is 0 Å². The van der Waals surface area contributed by atoms with Crippen molar-refractivity contribution >= 4 is 23.7 Å². The topological polar surface area (TPSA) is 29.5 Å². The molecule has 0 bridgehead atoms. The van der Waals surface area contributed by atoms with Gasteiger partial charge < -0.3 is 9.64 Å². The molecule has 0 saturated carbocycles. The van der Waals surface area contributed by atoms with E-state index in [0.29, 0.717) is 6.42 Å². The van der Waals surface area contributed by atoms with Crippen LogP contribution < -0.4 is 0 Å². The van der Waals surface area contributed by atoms with Gasteiger partial charge in [0.25, 0.3) is 0 Å². The summed E-state index contributed by atoms with van der Waals surface area (Å²) in [5, 5.41) is 0. The normalized spacial score (nSPS) is 15.6. The Labute approximate surface area is 205 Å². The molecule has 0 amide bonds. The van der Waals surface area contributed by atoms with Crippen LogP contribution in [0.25, 0.3) is 17.7 Å². The predicted molar refractivity (Wildman–Crippen MR) is 142 cm³/mol. The highest BCUT2D eigenvalue weighted by atomic mass is 16.5. The van der Waals surface area contributed by atoms with Gasteiger partial charge in [-0.25, -0.2) is 0 Å². The van der Waals surface area contributed by atoms with Crippen LogP contribution in [0.1, 0.15) is 86.5 Å². The molecule has 1 saturated heterocycles. The number of rotatable bonds is 10. The Balaban J connectivity index is 1.25. The third-order valence-electron chi connectivity index (χ3n) is 7.30. The monoisotopic (exact) mass is 457 g/mol. The lowest BCUT2D eigenvalue weighted by molar-refractivity contribution is -0.140. The molecule has 0 N–H and O–H groups in total. The zero-order valence-corrected chi connectivity index (χ0v) is 20.7. The maximum absolute atomic E-state index is 11.1. The number of carbonyl (C=O) groups is 1. The largest absolute Gasteiger partial charge is 0.469 e. The van der Waals surface area contributed by atoms with E-state index in [1.165, 1.54) is 86.7 Å². The Bertz CT molecular complexity index is 958. The van der Waals surface area contributed by atoms with Gasteiger partial charge in [0.05, 0.1) is 7.11 Å². The number of likely N-dealkylation sites (tertiary alicyclic amines) is 1. The minimum Gasteiger partial charge on any atom is -0.469 e. The summed E-state index contributed by atoms with van der Waals surface area (Å²) >= 11 is 0. The molecule has 0 radical (unpaired) electrons. The Morgan fingerprint density at radius 1 is 0.765 bits per heavy atom. The van der Waals surface area contributed by atoms with E-state index in [1.807, 2.05) is 0 Å². The number of unbranched alkanes of at least 4 members (excludes halogenated alkanes) is 6. The molecule has 2 aromatic carbocycles. The van der Waals surface area contributed by atoms with Crippen molar-refractivity contribution in [3.05, 3.63) is 76.4 Å². The van der Waals surface area contributed by atoms with Crippen LogP contribution in [-0.2, 0) is 9.53 Å². The molecule has 2 aromatic rings. The highest BCUT2D eigenvalue weighted by Crippen LogP contribution is 2.38. The van der Waals surface area contributed by atoms with Crippen LogP contribution in [0.4, 0.5) is 0 Å². The zero-order valence-electron chi connectivity index (χ0n) is 20.7. The summed E-state index contributed by atoms with van der Waals surface area (Å²) in [5.41, 5.74) is 8.52. The third-order valence-corrected chi connectivity index (χ3v) is 7.30. The van der Waals surface area contributed by atoms with Crippen LogP contribution >= 0.6 is 0 Å². The Morgan fingerprint density at radius 3 is 1.88 bits per heavy atom. The summed E-state index contributed by atoms with van der Waals surface area (Å²) in [6.07, 6.45) is 16.0. The molecule has 2 aliphatic rings. The van der Waals surface area contributed by atoms with E-state index < -0.39 is 0 Å². The van der Waals surface area contributed by atoms with Gasteiger partial charge in [0.15, 0.2) is 0 Å². The van der Waals surface area contributed by atoms with Crippen LogP contribution in [0, 0.1) is 0 Å². The second-order valence-electron chi connectivity index (χ2n) is 9.63. The number of carbonyl (C=O) groups excluding carboxylic acids is 1. The van der Waals surface area contributed by atoms with Crippen molar-refractivity contribution in [2.75, 3.05) is 26.7 Å². The summed E-state index contributed by atoms with van der Waals surface area (Å²) in [6, 6.07) is 17.7. The van der Waals surface area contributed by atoms with Gasteiger partial charge in [-0.2, -0.15) is 0 Å². The molecule has 0 atom stereocenters.